The van der Waals surface area contributed by atoms with Gasteiger partial charge in [-0.15, -0.1) is 11.3 Å². The summed E-state index contributed by atoms with van der Waals surface area (Å²) in [6.07, 6.45) is 0. The van der Waals surface area contributed by atoms with E-state index in [0.29, 0.717) is 21.7 Å². The van der Waals surface area contributed by atoms with E-state index in [2.05, 4.69) is 15.5 Å². The number of hydrazine groups is 1. The Hall–Kier alpha value is -5.68. The van der Waals surface area contributed by atoms with Crippen LogP contribution in [0.15, 0.2) is 22.7 Å². The number of aromatic hydroxyl groups is 2. The molecule has 21 nitrogen and oxygen atoms in total. The fraction of sp³-hybridized carbons (Fsp3) is 0.333. The summed E-state index contributed by atoms with van der Waals surface area (Å²) in [5.74, 6) is -12.0. The molecule has 270 valence electrons. The minimum atomic E-state index is -2.23. The van der Waals surface area contributed by atoms with Gasteiger partial charge in [-0.2, -0.15) is 0 Å². The van der Waals surface area contributed by atoms with Crippen LogP contribution in [0.1, 0.15) is 29.9 Å². The van der Waals surface area contributed by atoms with E-state index in [-0.39, 0.29) is 10.8 Å². The molecule has 3 saturated heterocycles. The van der Waals surface area contributed by atoms with Crippen molar-refractivity contribution >= 4 is 92.8 Å². The summed E-state index contributed by atoms with van der Waals surface area (Å²) in [6.45, 7) is 0.725. The number of hydrogen-bond acceptors (Lipinski definition) is 16. The van der Waals surface area contributed by atoms with Crippen LogP contribution in [-0.2, 0) is 38.4 Å². The molecule has 0 spiro atoms. The number of phenolic OH excluding ortho intramolecular Hbond substituents is 2. The third-order valence-corrected chi connectivity index (χ3v) is 10.5. The number of Topliss-reactive ketones (excluding diaryl/α,β-unsaturated/α-hetero) is 1. The van der Waals surface area contributed by atoms with Crippen LogP contribution in [0.25, 0.3) is 0 Å². The number of carboxylic acids is 2. The van der Waals surface area contributed by atoms with Crippen LogP contribution < -0.4 is 16.5 Å². The lowest BCUT2D eigenvalue weighted by Crippen LogP contribution is -2.69. The van der Waals surface area contributed by atoms with Crippen molar-refractivity contribution in [2.75, 3.05) is 25.4 Å². The maximum absolute atomic E-state index is 13.3. The summed E-state index contributed by atoms with van der Waals surface area (Å²) in [4.78, 5) is 111. The number of ketones is 1. The van der Waals surface area contributed by atoms with E-state index in [1.54, 1.807) is 0 Å². The van der Waals surface area contributed by atoms with Crippen molar-refractivity contribution in [3.63, 3.8) is 0 Å². The smallest absolute Gasteiger partial charge is 0.350 e. The van der Waals surface area contributed by atoms with Crippen molar-refractivity contribution < 1.29 is 63.6 Å². The van der Waals surface area contributed by atoms with Gasteiger partial charge in [0.15, 0.2) is 22.3 Å². The number of hydrogen-bond donors (Lipinski definition) is 7. The van der Waals surface area contributed by atoms with Gasteiger partial charge in [0.05, 0.1) is 23.7 Å². The first kappa shape index (κ1) is 36.6. The minimum absolute atomic E-state index is 0.0268. The van der Waals surface area contributed by atoms with Crippen molar-refractivity contribution in [1.29, 1.82) is 0 Å². The van der Waals surface area contributed by atoms with E-state index in [1.807, 2.05) is 5.43 Å². The lowest BCUT2D eigenvalue weighted by molar-refractivity contribution is -0.167. The highest BCUT2D eigenvalue weighted by Crippen LogP contribution is 2.49. The monoisotopic (exact) mass is 768 g/mol. The summed E-state index contributed by atoms with van der Waals surface area (Å²) >= 11 is 7.34. The number of phenols is 2. The SMILES string of the molecule is CC(C)(O/N=C(\C(=O)NC1C(=O)N2C[C@@](C(=O)O)(N3CCN(NC(=O)C(=O)c4ccc(O)c(O)c4Cl)C(=O)C3=O)S[C@H]12)c1csc(N)n1)C(=O)O. The molecule has 0 radical (unpaired) electrons. The summed E-state index contributed by atoms with van der Waals surface area (Å²) in [6, 6.07) is 0.459. The number of carboxylic acid groups (broad SMARTS) is 2. The van der Waals surface area contributed by atoms with Gasteiger partial charge in [0.2, 0.25) is 16.4 Å². The van der Waals surface area contributed by atoms with Crippen LogP contribution in [0, 0.1) is 0 Å². The minimum Gasteiger partial charge on any atom is -0.504 e. The number of aliphatic carboxylic acids is 2. The number of aromatic nitrogens is 1. The molecular weight excluding hydrogens is 744 g/mol. The first-order valence-electron chi connectivity index (χ1n) is 14.2. The highest BCUT2D eigenvalue weighted by atomic mass is 35.5. The number of nitrogens with one attached hydrogen (secondary N) is 2. The maximum atomic E-state index is 13.3. The Morgan fingerprint density at radius 1 is 1.10 bits per heavy atom. The molecule has 24 heteroatoms. The maximum Gasteiger partial charge on any atom is 0.350 e. The molecule has 3 fully saturated rings. The summed E-state index contributed by atoms with van der Waals surface area (Å²) in [5, 5.41) is 45.1. The van der Waals surface area contributed by atoms with Gasteiger partial charge in [0.1, 0.15) is 17.1 Å². The predicted octanol–water partition coefficient (Wildman–Crippen LogP) is -1.86. The molecule has 3 atom stereocenters. The average molecular weight is 769 g/mol. The Morgan fingerprint density at radius 3 is 2.39 bits per heavy atom. The zero-order valence-electron chi connectivity index (χ0n) is 26.0. The number of piperazine rings is 1. The lowest BCUT2D eigenvalue weighted by atomic mass is 10.0. The number of thiazole rings is 1. The van der Waals surface area contributed by atoms with E-state index in [1.165, 1.54) is 5.38 Å². The molecule has 1 unspecified atom stereocenters. The van der Waals surface area contributed by atoms with Gasteiger partial charge in [0.25, 0.3) is 11.7 Å². The molecule has 5 rings (SSSR count). The van der Waals surface area contributed by atoms with Gasteiger partial charge in [-0.3, -0.25) is 34.2 Å². The molecule has 8 N–H and O–H groups in total. The number of β-lactam (4-membered cyclic amide) rings is 1. The van der Waals surface area contributed by atoms with Gasteiger partial charge >= 0.3 is 29.7 Å². The van der Waals surface area contributed by atoms with Crippen LogP contribution in [0.4, 0.5) is 5.13 Å². The zero-order valence-corrected chi connectivity index (χ0v) is 28.4. The van der Waals surface area contributed by atoms with Crippen molar-refractivity contribution in [1.82, 2.24) is 30.5 Å². The van der Waals surface area contributed by atoms with Crippen molar-refractivity contribution in [3.05, 3.63) is 33.8 Å². The Kier molecular flexibility index (Phi) is 9.49. The topological polar surface area (TPSA) is 312 Å². The Labute approximate surface area is 297 Å². The molecule has 1 aromatic carbocycles. The number of oxime groups is 1. The summed E-state index contributed by atoms with van der Waals surface area (Å²) < 4.78 is 0. The molecule has 51 heavy (non-hydrogen) atoms. The number of anilines is 1. The molecule has 0 aliphatic carbocycles. The number of thioether (sulfide) groups is 1. The molecule has 3 aliphatic rings. The number of nitrogen functional groups attached to an aromatic ring is 1. The fourth-order valence-electron chi connectivity index (χ4n) is 4.93. The summed E-state index contributed by atoms with van der Waals surface area (Å²) in [5.41, 5.74) is 4.54. The van der Waals surface area contributed by atoms with E-state index < -0.39 is 117 Å². The number of carbonyl (C=O) groups is 8. The third kappa shape index (κ3) is 6.41. The van der Waals surface area contributed by atoms with Crippen molar-refractivity contribution in [2.24, 2.45) is 5.16 Å². The molecule has 0 bridgehead atoms. The first-order valence-corrected chi connectivity index (χ1v) is 16.4. The number of nitrogens with two attached hydrogens (primary N) is 1. The van der Waals surface area contributed by atoms with E-state index in [4.69, 9.17) is 22.2 Å². The van der Waals surface area contributed by atoms with E-state index >= 15 is 0 Å². The zero-order chi connectivity index (χ0) is 37.7. The highest BCUT2D eigenvalue weighted by Gasteiger charge is 2.66. The predicted molar refractivity (Wildman–Crippen MR) is 172 cm³/mol. The number of benzene rings is 1. The van der Waals surface area contributed by atoms with Gasteiger partial charge in [-0.05, 0) is 26.0 Å². The quantitative estimate of drug-likeness (QED) is 0.0329. The summed E-state index contributed by atoms with van der Waals surface area (Å²) in [7, 11) is 0. The van der Waals surface area contributed by atoms with Gasteiger partial charge < -0.3 is 46.1 Å². The van der Waals surface area contributed by atoms with Gasteiger partial charge in [0, 0.05) is 11.9 Å². The standard InChI is InChI=1S/C27H25ClN8O13S2/c1-26(2,23(45)46)49-33-13(10-7-50-25(29)30-10)17(40)31-14-19(42)34-8-27(24(47)48,51-22(14)34)35-5-6-36(21(44)20(35)43)32-18(41)15(38)9-3-4-11(37)16(39)12(9)28/h3-4,7,14,22,37,39H,5-6,8H2,1-2H3,(H2,29,30)(H,31,40)(H,32,41)(H,45,46)(H,47,48)/b33-13-/t14?,22-,27-/m1/s1. The van der Waals surface area contributed by atoms with Crippen LogP contribution in [0.3, 0.4) is 0 Å². The molecular formula is C27H25ClN8O13S2. The molecule has 2 aromatic rings. The second-order valence-corrected chi connectivity index (χ2v) is 14.1. The van der Waals surface area contributed by atoms with Crippen LogP contribution in [0.5, 0.6) is 11.5 Å². The Balaban J connectivity index is 1.30. The van der Waals surface area contributed by atoms with Gasteiger partial charge in [-0.25, -0.2) is 19.6 Å². The number of amides is 5. The Morgan fingerprint density at radius 2 is 1.78 bits per heavy atom. The third-order valence-electron chi connectivity index (χ3n) is 7.76. The molecule has 4 heterocycles. The number of fused-ring (bicyclic) bond motifs is 1. The van der Waals surface area contributed by atoms with Crippen molar-refractivity contribution in [3.8, 4) is 11.5 Å². The number of carbonyl (C=O) groups excluding carboxylic acids is 6. The number of rotatable bonds is 11. The fourth-order valence-corrected chi connectivity index (χ4v) is 7.36. The van der Waals surface area contributed by atoms with Gasteiger partial charge in [-0.1, -0.05) is 28.5 Å². The molecule has 0 saturated carbocycles. The number of halogens is 1. The second kappa shape index (κ2) is 13.2. The normalized spacial score (nSPS) is 21.9. The molecule has 3 aliphatic heterocycles. The lowest BCUT2D eigenvalue weighted by Gasteiger charge is -2.41. The van der Waals surface area contributed by atoms with Crippen molar-refractivity contribution in [2.45, 2.75) is 35.7 Å². The van der Waals surface area contributed by atoms with Crippen LogP contribution in [-0.4, -0.2) is 135 Å². The molecule has 5 amide bonds. The first-order chi connectivity index (χ1) is 23.8. The Bertz CT molecular complexity index is 1950. The molecule has 1 aromatic heterocycles. The van der Waals surface area contributed by atoms with Crippen LogP contribution >= 0.6 is 34.7 Å². The van der Waals surface area contributed by atoms with E-state index in [9.17, 15) is 58.8 Å². The average Bonchev–Trinajstić information content (AvgIpc) is 3.67. The largest absolute Gasteiger partial charge is 0.504 e. The van der Waals surface area contributed by atoms with Crippen LogP contribution in [0.2, 0.25) is 5.02 Å². The van der Waals surface area contributed by atoms with E-state index in [0.717, 1.165) is 42.2 Å². The number of nitrogens with zero attached hydrogens (tertiary/aromatic N) is 5. The second-order valence-electron chi connectivity index (χ2n) is 11.4. The highest BCUT2D eigenvalue weighted by molar-refractivity contribution is 8.02.